The molecule has 0 unspecified atom stereocenters. The summed E-state index contributed by atoms with van der Waals surface area (Å²) in [4.78, 5) is 12.3. The zero-order chi connectivity index (χ0) is 13.2. The number of piperidine rings is 1. The van der Waals surface area contributed by atoms with Crippen LogP contribution in [-0.2, 0) is 13.0 Å². The van der Waals surface area contributed by atoms with E-state index in [9.17, 15) is 9.90 Å². The lowest BCUT2D eigenvalue weighted by Gasteiger charge is -2.29. The predicted molar refractivity (Wildman–Crippen MR) is 77.2 cm³/mol. The van der Waals surface area contributed by atoms with Crippen molar-refractivity contribution in [3.63, 3.8) is 0 Å². The Kier molecular flexibility index (Phi) is 5.01. The number of aromatic nitrogens is 2. The Balaban J connectivity index is 0.00000147. The fraction of sp³-hybridized carbons (Fsp3) is 0.692. The number of amides is 1. The molecule has 112 valence electrons. The quantitative estimate of drug-likeness (QED) is 0.723. The highest BCUT2D eigenvalue weighted by Gasteiger charge is 2.27. The molecule has 20 heavy (non-hydrogen) atoms. The molecule has 3 N–H and O–H groups in total. The molecule has 1 saturated heterocycles. The van der Waals surface area contributed by atoms with Crippen molar-refractivity contribution < 1.29 is 9.90 Å². The van der Waals surface area contributed by atoms with Crippen LogP contribution in [0.1, 0.15) is 35.3 Å². The molecule has 7 heteroatoms. The van der Waals surface area contributed by atoms with Gasteiger partial charge in [-0.25, -0.2) is 0 Å². The van der Waals surface area contributed by atoms with Crippen molar-refractivity contribution in [2.45, 2.75) is 44.4 Å². The minimum atomic E-state index is -0.510. The van der Waals surface area contributed by atoms with E-state index in [0.717, 1.165) is 44.5 Å². The minimum Gasteiger partial charge on any atom is -0.390 e. The highest BCUT2D eigenvalue weighted by Crippen LogP contribution is 2.18. The van der Waals surface area contributed by atoms with Crippen LogP contribution in [0.3, 0.4) is 0 Å². The van der Waals surface area contributed by atoms with Gasteiger partial charge in [-0.05, 0) is 32.2 Å². The van der Waals surface area contributed by atoms with Gasteiger partial charge in [-0.3, -0.25) is 9.48 Å². The van der Waals surface area contributed by atoms with Gasteiger partial charge >= 0.3 is 0 Å². The first-order valence-electron chi connectivity index (χ1n) is 7.00. The van der Waals surface area contributed by atoms with Crippen LogP contribution in [0.25, 0.3) is 0 Å². The van der Waals surface area contributed by atoms with Gasteiger partial charge in [0, 0.05) is 13.1 Å². The van der Waals surface area contributed by atoms with Crippen LogP contribution in [0, 0.1) is 0 Å². The third kappa shape index (κ3) is 2.97. The predicted octanol–water partition coefficient (Wildman–Crippen LogP) is 0.0938. The number of aliphatic hydroxyl groups is 1. The van der Waals surface area contributed by atoms with Crippen LogP contribution in [0.2, 0.25) is 0 Å². The molecular weight excluding hydrogens is 280 g/mol. The number of rotatable bonds is 2. The normalized spacial score (nSPS) is 25.4. The summed E-state index contributed by atoms with van der Waals surface area (Å²) in [6, 6.07) is -0.159. The summed E-state index contributed by atoms with van der Waals surface area (Å²) >= 11 is 0. The van der Waals surface area contributed by atoms with E-state index in [1.54, 1.807) is 6.20 Å². The Morgan fingerprint density at radius 1 is 1.50 bits per heavy atom. The van der Waals surface area contributed by atoms with Gasteiger partial charge in [-0.1, -0.05) is 0 Å². The number of carbonyl (C=O) groups excluding carboxylic acids is 1. The largest absolute Gasteiger partial charge is 0.390 e. The number of hydrogen-bond donors (Lipinski definition) is 3. The van der Waals surface area contributed by atoms with Crippen molar-refractivity contribution in [1.29, 1.82) is 0 Å². The lowest BCUT2D eigenvalue weighted by atomic mass is 10.0. The van der Waals surface area contributed by atoms with E-state index >= 15 is 0 Å². The summed E-state index contributed by atoms with van der Waals surface area (Å²) in [5.74, 6) is -0.103. The van der Waals surface area contributed by atoms with Crippen LogP contribution in [0.4, 0.5) is 0 Å². The molecule has 0 aliphatic carbocycles. The van der Waals surface area contributed by atoms with Crippen molar-refractivity contribution in [1.82, 2.24) is 20.4 Å². The van der Waals surface area contributed by atoms with Crippen LogP contribution >= 0.6 is 12.4 Å². The lowest BCUT2D eigenvalue weighted by molar-refractivity contribution is 0.0764. The number of β-amino-alcohol motifs (C(OH)–C–C–N with tert-alkyl or cyclic N) is 1. The summed E-state index contributed by atoms with van der Waals surface area (Å²) in [6.07, 6.45) is 5.06. The number of nitrogens with one attached hydrogen (secondary N) is 2. The van der Waals surface area contributed by atoms with Crippen molar-refractivity contribution in [2.75, 3.05) is 13.1 Å². The molecular formula is C13H21ClN4O2. The molecule has 2 aliphatic heterocycles. The number of aliphatic hydroxyl groups excluding tert-OH is 1. The second kappa shape index (κ2) is 6.56. The molecule has 1 fully saturated rings. The molecule has 1 amide bonds. The average Bonchev–Trinajstić information content (AvgIpc) is 2.85. The van der Waals surface area contributed by atoms with E-state index in [1.165, 1.54) is 0 Å². The average molecular weight is 301 g/mol. The molecule has 0 saturated carbocycles. The van der Waals surface area contributed by atoms with Gasteiger partial charge in [0.2, 0.25) is 0 Å². The van der Waals surface area contributed by atoms with Crippen LogP contribution < -0.4 is 10.6 Å². The van der Waals surface area contributed by atoms with E-state index < -0.39 is 6.10 Å². The van der Waals surface area contributed by atoms with Gasteiger partial charge in [0.25, 0.3) is 5.91 Å². The van der Waals surface area contributed by atoms with Crippen molar-refractivity contribution in [3.05, 3.63) is 17.5 Å². The molecule has 1 aromatic rings. The molecule has 2 aliphatic rings. The molecule has 0 radical (unpaired) electrons. The molecule has 0 spiro atoms. The Morgan fingerprint density at radius 3 is 3.15 bits per heavy atom. The number of halogens is 1. The molecule has 1 aromatic heterocycles. The molecule has 3 heterocycles. The number of nitrogens with zero attached hydrogens (tertiary/aromatic N) is 2. The third-order valence-corrected chi connectivity index (χ3v) is 3.99. The van der Waals surface area contributed by atoms with Gasteiger partial charge in [0.15, 0.2) is 0 Å². The maximum Gasteiger partial charge on any atom is 0.255 e. The van der Waals surface area contributed by atoms with Crippen molar-refractivity contribution >= 4 is 18.3 Å². The minimum absolute atomic E-state index is 0. The molecule has 0 bridgehead atoms. The molecule has 3 rings (SSSR count). The summed E-state index contributed by atoms with van der Waals surface area (Å²) in [5.41, 5.74) is 1.71. The van der Waals surface area contributed by atoms with E-state index in [4.69, 9.17) is 0 Å². The zero-order valence-electron chi connectivity index (χ0n) is 11.3. The van der Waals surface area contributed by atoms with Gasteiger partial charge in [-0.15, -0.1) is 12.4 Å². The van der Waals surface area contributed by atoms with E-state index in [0.29, 0.717) is 12.1 Å². The highest BCUT2D eigenvalue weighted by atomic mass is 35.5. The first-order valence-corrected chi connectivity index (χ1v) is 7.00. The Labute approximate surface area is 124 Å². The SMILES string of the molecule is Cl.O=C(N[C@@H]1CCNC[C@H]1O)c1cnn2c1CCCC2. The van der Waals surface area contributed by atoms with Crippen LogP contribution in [0.15, 0.2) is 6.20 Å². The van der Waals surface area contributed by atoms with Gasteiger partial charge in [-0.2, -0.15) is 5.10 Å². The highest BCUT2D eigenvalue weighted by molar-refractivity contribution is 5.95. The second-order valence-electron chi connectivity index (χ2n) is 5.33. The standard InChI is InChI=1S/C13H20N4O2.ClH/c18-12-8-14-5-4-10(12)16-13(19)9-7-15-17-6-2-1-3-11(9)17;/h7,10,12,14,18H,1-6,8H2,(H,16,19);1H/t10-,12-;/m1./s1. The van der Waals surface area contributed by atoms with E-state index in [-0.39, 0.29) is 24.4 Å². The maximum absolute atomic E-state index is 12.3. The monoisotopic (exact) mass is 300 g/mol. The number of aryl methyl sites for hydroxylation is 1. The maximum atomic E-state index is 12.3. The van der Waals surface area contributed by atoms with Crippen LogP contribution in [0.5, 0.6) is 0 Å². The van der Waals surface area contributed by atoms with Gasteiger partial charge in [0.1, 0.15) is 0 Å². The number of hydrogen-bond acceptors (Lipinski definition) is 4. The fourth-order valence-electron chi connectivity index (χ4n) is 2.87. The van der Waals surface area contributed by atoms with E-state index in [2.05, 4.69) is 15.7 Å². The second-order valence-corrected chi connectivity index (χ2v) is 5.33. The lowest BCUT2D eigenvalue weighted by Crippen LogP contribution is -2.52. The van der Waals surface area contributed by atoms with Gasteiger partial charge < -0.3 is 15.7 Å². The summed E-state index contributed by atoms with van der Waals surface area (Å²) < 4.78 is 1.93. The smallest absolute Gasteiger partial charge is 0.255 e. The molecule has 6 nitrogen and oxygen atoms in total. The van der Waals surface area contributed by atoms with Crippen molar-refractivity contribution in [3.8, 4) is 0 Å². The Bertz CT molecular complexity index is 477. The van der Waals surface area contributed by atoms with Crippen molar-refractivity contribution in [2.24, 2.45) is 0 Å². The molecule has 2 atom stereocenters. The topological polar surface area (TPSA) is 79.2 Å². The summed E-state index contributed by atoms with van der Waals surface area (Å²) in [6.45, 7) is 2.27. The first-order chi connectivity index (χ1) is 9.25. The fourth-order valence-corrected chi connectivity index (χ4v) is 2.87. The van der Waals surface area contributed by atoms with Crippen LogP contribution in [-0.4, -0.2) is 46.0 Å². The third-order valence-electron chi connectivity index (χ3n) is 3.99. The number of carbonyl (C=O) groups is 1. The van der Waals surface area contributed by atoms with Gasteiger partial charge in [0.05, 0.1) is 29.6 Å². The zero-order valence-corrected chi connectivity index (χ0v) is 12.2. The Morgan fingerprint density at radius 2 is 2.35 bits per heavy atom. The number of fused-ring (bicyclic) bond motifs is 1. The van der Waals surface area contributed by atoms with E-state index in [1.807, 2.05) is 4.68 Å². The summed E-state index contributed by atoms with van der Waals surface area (Å²) in [7, 11) is 0. The first kappa shape index (κ1) is 15.3. The molecule has 0 aromatic carbocycles. The summed E-state index contributed by atoms with van der Waals surface area (Å²) in [5, 5.41) is 20.2. The Hall–Kier alpha value is -1.11.